The number of carbonyl (C=O) groups is 1. The van der Waals surface area contributed by atoms with Crippen molar-refractivity contribution in [3.63, 3.8) is 0 Å². The SMILES string of the molecule is CCCCCCC#C[C@@H](OC(C)=O)P(=O)(OC)OC. The molecule has 1 atom stereocenters. The van der Waals surface area contributed by atoms with Crippen LogP contribution in [0.4, 0.5) is 0 Å². The molecular weight excluding hydrogens is 267 g/mol. The maximum absolute atomic E-state index is 12.1. The molecule has 0 saturated heterocycles. The van der Waals surface area contributed by atoms with Gasteiger partial charge in [-0.1, -0.05) is 32.1 Å². The van der Waals surface area contributed by atoms with Gasteiger partial charge in [-0.2, -0.15) is 0 Å². The first-order valence-corrected chi connectivity index (χ1v) is 7.98. The van der Waals surface area contributed by atoms with E-state index in [1.165, 1.54) is 27.6 Å². The highest BCUT2D eigenvalue weighted by Gasteiger charge is 2.35. The third-order valence-corrected chi connectivity index (χ3v) is 4.28. The summed E-state index contributed by atoms with van der Waals surface area (Å²) in [6.07, 6.45) is 5.08. The van der Waals surface area contributed by atoms with Crippen molar-refractivity contribution < 1.29 is 23.1 Å². The summed E-state index contributed by atoms with van der Waals surface area (Å²) in [5.41, 5.74) is 0. The highest BCUT2D eigenvalue weighted by atomic mass is 31.2. The van der Waals surface area contributed by atoms with Crippen LogP contribution in [-0.2, 0) is 23.1 Å². The smallest absolute Gasteiger partial charge is 0.382 e. The van der Waals surface area contributed by atoms with Gasteiger partial charge in [-0.25, -0.2) is 0 Å². The van der Waals surface area contributed by atoms with Gasteiger partial charge in [-0.3, -0.25) is 9.36 Å². The van der Waals surface area contributed by atoms with Crippen LogP contribution in [0, 0.1) is 11.8 Å². The van der Waals surface area contributed by atoms with Crippen LogP contribution in [0.5, 0.6) is 0 Å². The number of unbranched alkanes of at least 4 members (excludes halogenated alkanes) is 4. The Hall–Kier alpha value is -0.820. The van der Waals surface area contributed by atoms with E-state index in [1.54, 1.807) is 0 Å². The van der Waals surface area contributed by atoms with Crippen LogP contribution in [0.2, 0.25) is 0 Å². The molecule has 0 rings (SSSR count). The normalized spacial score (nSPS) is 12.4. The number of hydrogen-bond donors (Lipinski definition) is 0. The largest absolute Gasteiger partial charge is 0.436 e. The Kier molecular flexibility index (Phi) is 9.59. The first-order valence-electron chi connectivity index (χ1n) is 6.37. The summed E-state index contributed by atoms with van der Waals surface area (Å²) in [6.45, 7) is 3.36. The lowest BCUT2D eigenvalue weighted by atomic mass is 10.2. The minimum absolute atomic E-state index is 0.570. The number of ether oxygens (including phenoxy) is 1. The van der Waals surface area contributed by atoms with Gasteiger partial charge in [0.05, 0.1) is 0 Å². The highest BCUT2D eigenvalue weighted by Crippen LogP contribution is 2.51. The highest BCUT2D eigenvalue weighted by molar-refractivity contribution is 7.54. The molecule has 110 valence electrons. The van der Waals surface area contributed by atoms with E-state index in [-0.39, 0.29) is 0 Å². The summed E-state index contributed by atoms with van der Waals surface area (Å²) in [4.78, 5) is 11.0. The van der Waals surface area contributed by atoms with Crippen LogP contribution in [-0.4, -0.2) is 26.0 Å². The topological polar surface area (TPSA) is 61.8 Å². The Balaban J connectivity index is 4.56. The maximum Gasteiger partial charge on any atom is 0.382 e. The van der Waals surface area contributed by atoms with Gasteiger partial charge < -0.3 is 13.8 Å². The first kappa shape index (κ1) is 18.2. The van der Waals surface area contributed by atoms with Crippen LogP contribution >= 0.6 is 7.60 Å². The monoisotopic (exact) mass is 290 g/mol. The summed E-state index contributed by atoms with van der Waals surface area (Å²) in [7, 11) is -1.04. The quantitative estimate of drug-likeness (QED) is 0.297. The summed E-state index contributed by atoms with van der Waals surface area (Å²) < 4.78 is 26.6. The molecule has 0 aliphatic rings. The Bertz CT molecular complexity index is 361. The molecule has 19 heavy (non-hydrogen) atoms. The number of esters is 1. The van der Waals surface area contributed by atoms with E-state index in [1.807, 2.05) is 0 Å². The molecule has 0 spiro atoms. The Morgan fingerprint density at radius 1 is 1.21 bits per heavy atom. The van der Waals surface area contributed by atoms with Crippen LogP contribution in [0.25, 0.3) is 0 Å². The van der Waals surface area contributed by atoms with Gasteiger partial charge >= 0.3 is 13.6 Å². The van der Waals surface area contributed by atoms with Crippen molar-refractivity contribution in [2.45, 2.75) is 51.8 Å². The number of hydrogen-bond acceptors (Lipinski definition) is 5. The molecule has 0 aromatic rings. The van der Waals surface area contributed by atoms with Gasteiger partial charge in [0.1, 0.15) is 0 Å². The van der Waals surface area contributed by atoms with E-state index in [0.29, 0.717) is 6.42 Å². The van der Waals surface area contributed by atoms with Gasteiger partial charge in [0, 0.05) is 27.6 Å². The zero-order valence-corrected chi connectivity index (χ0v) is 13.0. The Morgan fingerprint density at radius 3 is 2.32 bits per heavy atom. The Labute approximate surface area is 115 Å². The number of rotatable bonds is 8. The lowest BCUT2D eigenvalue weighted by Gasteiger charge is -2.19. The lowest BCUT2D eigenvalue weighted by Crippen LogP contribution is -2.16. The molecule has 0 aromatic heterocycles. The molecule has 0 saturated carbocycles. The second-order valence-electron chi connectivity index (χ2n) is 4.00. The van der Waals surface area contributed by atoms with Gasteiger partial charge in [0.25, 0.3) is 5.85 Å². The van der Waals surface area contributed by atoms with E-state index < -0.39 is 19.4 Å². The molecule has 0 bridgehead atoms. The van der Waals surface area contributed by atoms with Crippen molar-refractivity contribution in [3.05, 3.63) is 0 Å². The van der Waals surface area contributed by atoms with Crippen molar-refractivity contribution in [2.75, 3.05) is 14.2 Å². The van der Waals surface area contributed by atoms with Crippen LogP contribution in [0.3, 0.4) is 0 Å². The molecule has 0 N–H and O–H groups in total. The zero-order chi connectivity index (χ0) is 14.7. The summed E-state index contributed by atoms with van der Waals surface area (Å²) in [6, 6.07) is 0. The van der Waals surface area contributed by atoms with Gasteiger partial charge in [0.15, 0.2) is 0 Å². The van der Waals surface area contributed by atoms with E-state index in [9.17, 15) is 9.36 Å². The summed E-state index contributed by atoms with van der Waals surface area (Å²) >= 11 is 0. The van der Waals surface area contributed by atoms with Crippen molar-refractivity contribution in [2.24, 2.45) is 0 Å². The first-order chi connectivity index (χ1) is 9.00. The third-order valence-electron chi connectivity index (χ3n) is 2.45. The van der Waals surface area contributed by atoms with Crippen molar-refractivity contribution in [3.8, 4) is 11.8 Å². The summed E-state index contributed by atoms with van der Waals surface area (Å²) in [5.74, 6) is 3.80. The maximum atomic E-state index is 12.1. The second-order valence-corrected chi connectivity index (χ2v) is 6.28. The van der Waals surface area contributed by atoms with E-state index >= 15 is 0 Å². The van der Waals surface area contributed by atoms with Crippen LogP contribution in [0.1, 0.15) is 46.0 Å². The van der Waals surface area contributed by atoms with Crippen molar-refractivity contribution >= 4 is 13.6 Å². The van der Waals surface area contributed by atoms with E-state index in [0.717, 1.165) is 19.3 Å². The predicted octanol–water partition coefficient (Wildman–Crippen LogP) is 3.34. The average Bonchev–Trinajstić information content (AvgIpc) is 2.40. The van der Waals surface area contributed by atoms with Crippen LogP contribution in [0.15, 0.2) is 0 Å². The summed E-state index contributed by atoms with van der Waals surface area (Å²) in [5, 5.41) is 0. The fourth-order valence-corrected chi connectivity index (χ4v) is 2.45. The van der Waals surface area contributed by atoms with E-state index in [4.69, 9.17) is 13.8 Å². The average molecular weight is 290 g/mol. The molecule has 0 heterocycles. The molecule has 0 radical (unpaired) electrons. The van der Waals surface area contributed by atoms with Gasteiger partial charge in [0.2, 0.25) is 0 Å². The molecule has 5 nitrogen and oxygen atoms in total. The van der Waals surface area contributed by atoms with Crippen LogP contribution < -0.4 is 0 Å². The third kappa shape index (κ3) is 7.37. The fourth-order valence-electron chi connectivity index (χ4n) is 1.40. The minimum Gasteiger partial charge on any atom is -0.436 e. The van der Waals surface area contributed by atoms with Crippen molar-refractivity contribution in [1.82, 2.24) is 0 Å². The lowest BCUT2D eigenvalue weighted by molar-refractivity contribution is -0.141. The van der Waals surface area contributed by atoms with Crippen molar-refractivity contribution in [1.29, 1.82) is 0 Å². The molecule has 0 aliphatic heterocycles. The standard InChI is InChI=1S/C13H23O5P/c1-5-6-7-8-9-10-11-13(18-12(2)14)19(15,16-3)17-4/h13H,5-9H2,1-4H3/t13-/m0/s1. The molecule has 0 amide bonds. The second kappa shape index (κ2) is 10.0. The predicted molar refractivity (Wildman–Crippen MR) is 73.7 cm³/mol. The molecule has 0 aromatic carbocycles. The van der Waals surface area contributed by atoms with Gasteiger partial charge in [-0.15, -0.1) is 0 Å². The van der Waals surface area contributed by atoms with Gasteiger partial charge in [-0.05, 0) is 12.3 Å². The zero-order valence-electron chi connectivity index (χ0n) is 12.1. The minimum atomic E-state index is -3.52. The molecular formula is C13H23O5P. The Morgan fingerprint density at radius 2 is 1.84 bits per heavy atom. The number of carbonyl (C=O) groups excluding carboxylic acids is 1. The molecule has 0 unspecified atom stereocenters. The fraction of sp³-hybridized carbons (Fsp3) is 0.769. The molecule has 6 heteroatoms. The molecule has 0 aliphatic carbocycles. The molecule has 0 fully saturated rings. The van der Waals surface area contributed by atoms with E-state index in [2.05, 4.69) is 18.8 Å².